The molecular weight excluding hydrogens is 148 g/mol. The lowest BCUT2D eigenvalue weighted by molar-refractivity contribution is 0.588. The maximum Gasteiger partial charge on any atom is 0.159 e. The Morgan fingerprint density at radius 2 is 2.10 bits per heavy atom. The van der Waals surface area contributed by atoms with Crippen molar-refractivity contribution in [3.05, 3.63) is 12.7 Å². The predicted octanol–water partition coefficient (Wildman–Crippen LogP) is 1.14. The number of hydrogen-bond acceptors (Lipinski definition) is 2. The van der Waals surface area contributed by atoms with Crippen molar-refractivity contribution in [2.45, 2.75) is 24.5 Å². The number of rotatable bonds is 3. The van der Waals surface area contributed by atoms with Crippen LogP contribution in [0.5, 0.6) is 0 Å². The van der Waals surface area contributed by atoms with E-state index in [4.69, 9.17) is 0 Å². The van der Waals surface area contributed by atoms with E-state index in [1.54, 1.807) is 13.0 Å². The van der Waals surface area contributed by atoms with Gasteiger partial charge < -0.3 is 0 Å². The van der Waals surface area contributed by atoms with Gasteiger partial charge in [0.1, 0.15) is 0 Å². The predicted molar refractivity (Wildman–Crippen MR) is 41.6 cm³/mol. The molecule has 0 aromatic heterocycles. The summed E-state index contributed by atoms with van der Waals surface area (Å²) in [5, 5.41) is 0. The van der Waals surface area contributed by atoms with E-state index >= 15 is 0 Å². The lowest BCUT2D eigenvalue weighted by Gasteiger charge is -2.07. The highest BCUT2D eigenvalue weighted by molar-refractivity contribution is 7.93. The van der Waals surface area contributed by atoms with E-state index in [1.165, 1.54) is 0 Å². The monoisotopic (exact) mass is 160 g/mol. The Bertz CT molecular complexity index is 234. The Balaban J connectivity index is 2.93. The fraction of sp³-hybridized carbons (Fsp3) is 0.714. The lowest BCUT2D eigenvalue weighted by atomic mass is 10.4. The zero-order chi connectivity index (χ0) is 7.83. The van der Waals surface area contributed by atoms with Crippen LogP contribution < -0.4 is 0 Å². The minimum absolute atomic E-state index is 0.235. The highest BCUT2D eigenvalue weighted by Gasteiger charge is 2.50. The summed E-state index contributed by atoms with van der Waals surface area (Å²) in [4.78, 5) is 0. The number of sulfone groups is 1. The molecule has 0 heterocycles. The van der Waals surface area contributed by atoms with Gasteiger partial charge in [0, 0.05) is 5.75 Å². The summed E-state index contributed by atoms with van der Waals surface area (Å²) in [6.07, 6.45) is 3.12. The first-order chi connectivity index (χ1) is 4.58. The second kappa shape index (κ2) is 2.09. The van der Waals surface area contributed by atoms with Gasteiger partial charge in [-0.05, 0) is 12.8 Å². The summed E-state index contributed by atoms with van der Waals surface area (Å²) in [5.74, 6) is 0.235. The minimum atomic E-state index is -2.85. The Morgan fingerprint density at radius 1 is 1.60 bits per heavy atom. The highest BCUT2D eigenvalue weighted by atomic mass is 32.2. The maximum absolute atomic E-state index is 11.2. The zero-order valence-corrected chi connectivity index (χ0v) is 6.95. The standard InChI is InChI=1S/C7H12O2S/c1-3-7(5-6-7)10(8,9)4-2/h3H,1,4-6H2,2H3. The van der Waals surface area contributed by atoms with Crippen LogP contribution >= 0.6 is 0 Å². The van der Waals surface area contributed by atoms with Crippen molar-refractivity contribution in [2.75, 3.05) is 5.75 Å². The Kier molecular flexibility index (Phi) is 1.63. The van der Waals surface area contributed by atoms with Crippen molar-refractivity contribution in [1.82, 2.24) is 0 Å². The van der Waals surface area contributed by atoms with Crippen LogP contribution in [0.1, 0.15) is 19.8 Å². The molecule has 1 rings (SSSR count). The van der Waals surface area contributed by atoms with Gasteiger partial charge in [-0.25, -0.2) is 8.42 Å². The first-order valence-corrected chi connectivity index (χ1v) is 5.09. The van der Waals surface area contributed by atoms with E-state index in [0.29, 0.717) is 0 Å². The Labute approximate surface area is 61.9 Å². The lowest BCUT2D eigenvalue weighted by Crippen LogP contribution is -2.21. The largest absolute Gasteiger partial charge is 0.228 e. The molecule has 0 radical (unpaired) electrons. The third kappa shape index (κ3) is 0.888. The van der Waals surface area contributed by atoms with Gasteiger partial charge in [0.25, 0.3) is 0 Å². The Hall–Kier alpha value is -0.310. The smallest absolute Gasteiger partial charge is 0.159 e. The second-order valence-electron chi connectivity index (χ2n) is 2.67. The molecule has 0 amide bonds. The van der Waals surface area contributed by atoms with Crippen LogP contribution in [-0.2, 0) is 9.84 Å². The van der Waals surface area contributed by atoms with Crippen molar-refractivity contribution < 1.29 is 8.42 Å². The molecule has 0 aromatic carbocycles. The molecule has 0 saturated heterocycles. The maximum atomic E-state index is 11.2. The molecule has 0 aliphatic heterocycles. The van der Waals surface area contributed by atoms with Crippen LogP contribution in [0, 0.1) is 0 Å². The highest BCUT2D eigenvalue weighted by Crippen LogP contribution is 2.44. The van der Waals surface area contributed by atoms with Crippen LogP contribution in [-0.4, -0.2) is 18.9 Å². The first-order valence-electron chi connectivity index (χ1n) is 3.44. The fourth-order valence-electron chi connectivity index (χ4n) is 1.05. The quantitative estimate of drug-likeness (QED) is 0.580. The molecule has 3 heteroatoms. The summed E-state index contributed by atoms with van der Waals surface area (Å²) in [6.45, 7) is 5.21. The van der Waals surface area contributed by atoms with Gasteiger partial charge in [-0.1, -0.05) is 13.0 Å². The molecule has 0 unspecified atom stereocenters. The summed E-state index contributed by atoms with van der Waals surface area (Å²) < 4.78 is 22.0. The molecule has 0 bridgehead atoms. The van der Waals surface area contributed by atoms with E-state index in [-0.39, 0.29) is 5.75 Å². The van der Waals surface area contributed by atoms with Gasteiger partial charge in [-0.15, -0.1) is 6.58 Å². The van der Waals surface area contributed by atoms with Crippen LogP contribution in [0.15, 0.2) is 12.7 Å². The van der Waals surface area contributed by atoms with Crippen LogP contribution in [0.3, 0.4) is 0 Å². The van der Waals surface area contributed by atoms with Gasteiger partial charge in [0.2, 0.25) is 0 Å². The van der Waals surface area contributed by atoms with E-state index in [2.05, 4.69) is 6.58 Å². The minimum Gasteiger partial charge on any atom is -0.228 e. The molecule has 1 aliphatic carbocycles. The average Bonchev–Trinajstić information content (AvgIpc) is 2.67. The molecule has 1 fully saturated rings. The Morgan fingerprint density at radius 3 is 2.20 bits per heavy atom. The molecule has 1 aliphatic rings. The molecular formula is C7H12O2S. The molecule has 10 heavy (non-hydrogen) atoms. The third-order valence-corrected chi connectivity index (χ3v) is 4.69. The van der Waals surface area contributed by atoms with Crippen molar-refractivity contribution in [3.63, 3.8) is 0 Å². The molecule has 0 atom stereocenters. The third-order valence-electron chi connectivity index (χ3n) is 2.11. The van der Waals surface area contributed by atoms with E-state index < -0.39 is 14.6 Å². The molecule has 0 N–H and O–H groups in total. The van der Waals surface area contributed by atoms with Gasteiger partial charge in [-0.3, -0.25) is 0 Å². The summed E-state index contributed by atoms with van der Waals surface area (Å²) in [5.41, 5.74) is 0. The summed E-state index contributed by atoms with van der Waals surface area (Å²) >= 11 is 0. The van der Waals surface area contributed by atoms with Gasteiger partial charge in [-0.2, -0.15) is 0 Å². The zero-order valence-electron chi connectivity index (χ0n) is 6.13. The molecule has 0 spiro atoms. The SMILES string of the molecule is C=CC1(S(=O)(=O)CC)CC1. The van der Waals surface area contributed by atoms with Crippen molar-refractivity contribution >= 4 is 9.84 Å². The second-order valence-corrected chi connectivity index (χ2v) is 5.29. The van der Waals surface area contributed by atoms with E-state index in [1.807, 2.05) is 0 Å². The molecule has 1 saturated carbocycles. The first kappa shape index (κ1) is 7.79. The summed E-state index contributed by atoms with van der Waals surface area (Å²) in [6, 6.07) is 0. The van der Waals surface area contributed by atoms with Gasteiger partial charge >= 0.3 is 0 Å². The van der Waals surface area contributed by atoms with Crippen molar-refractivity contribution in [1.29, 1.82) is 0 Å². The van der Waals surface area contributed by atoms with Gasteiger partial charge in [0.15, 0.2) is 9.84 Å². The molecule has 58 valence electrons. The van der Waals surface area contributed by atoms with Crippen LogP contribution in [0.4, 0.5) is 0 Å². The van der Waals surface area contributed by atoms with E-state index in [0.717, 1.165) is 12.8 Å². The van der Waals surface area contributed by atoms with Gasteiger partial charge in [0.05, 0.1) is 4.75 Å². The molecule has 2 nitrogen and oxygen atoms in total. The van der Waals surface area contributed by atoms with Crippen LogP contribution in [0.25, 0.3) is 0 Å². The topological polar surface area (TPSA) is 34.1 Å². The average molecular weight is 160 g/mol. The number of hydrogen-bond donors (Lipinski definition) is 0. The van der Waals surface area contributed by atoms with Crippen molar-refractivity contribution in [3.8, 4) is 0 Å². The summed E-state index contributed by atoms with van der Waals surface area (Å²) in [7, 11) is -2.85. The molecule has 0 aromatic rings. The van der Waals surface area contributed by atoms with E-state index in [9.17, 15) is 8.42 Å². The fourth-order valence-corrected chi connectivity index (χ4v) is 2.61. The van der Waals surface area contributed by atoms with Crippen molar-refractivity contribution in [2.24, 2.45) is 0 Å². The normalized spacial score (nSPS) is 22.1. The van der Waals surface area contributed by atoms with Crippen LogP contribution in [0.2, 0.25) is 0 Å².